The minimum atomic E-state index is -4.84. The summed E-state index contributed by atoms with van der Waals surface area (Å²) in [6, 6.07) is 10.9. The molecular weight excluding hydrogens is 506 g/mol. The average Bonchev–Trinajstić information content (AvgIpc) is 2.82. The number of nitrogens with zero attached hydrogens (tertiary/aromatic N) is 1. The first-order chi connectivity index (χ1) is 17.9. The van der Waals surface area contributed by atoms with Crippen LogP contribution in [-0.2, 0) is 26.3 Å². The molecule has 1 aromatic rings. The van der Waals surface area contributed by atoms with Gasteiger partial charge in [0.2, 0.25) is 0 Å². The highest BCUT2D eigenvalue weighted by Crippen LogP contribution is 2.15. The Morgan fingerprint density at radius 3 is 1.53 bits per heavy atom. The number of hydrogen-bond acceptors (Lipinski definition) is 4. The normalized spacial score (nSPS) is 12.4. The zero-order valence-corrected chi connectivity index (χ0v) is 24.6. The van der Waals surface area contributed by atoms with E-state index < -0.39 is 33.7 Å². The van der Waals surface area contributed by atoms with Gasteiger partial charge < -0.3 is 14.7 Å². The summed E-state index contributed by atoms with van der Waals surface area (Å²) in [4.78, 5) is 20.0. The molecule has 0 saturated carbocycles. The lowest BCUT2D eigenvalue weighted by atomic mass is 10.0. The molecule has 1 rings (SSSR count). The predicted molar refractivity (Wildman–Crippen MR) is 153 cm³/mol. The van der Waals surface area contributed by atoms with Crippen LogP contribution >= 0.6 is 0 Å². The van der Waals surface area contributed by atoms with E-state index in [0.717, 1.165) is 11.0 Å². The monoisotopic (exact) mass is 558 g/mol. The van der Waals surface area contributed by atoms with Gasteiger partial charge in [0.25, 0.3) is 10.1 Å². The van der Waals surface area contributed by atoms with Gasteiger partial charge in [0.15, 0.2) is 5.25 Å². The summed E-state index contributed by atoms with van der Waals surface area (Å²) in [5.41, 5.74) is 1.46. The third-order valence-corrected chi connectivity index (χ3v) is 7.65. The summed E-state index contributed by atoms with van der Waals surface area (Å²) >= 11 is 0. The van der Waals surface area contributed by atoms with Gasteiger partial charge in [-0.25, -0.2) is 0 Å². The van der Waals surface area contributed by atoms with Gasteiger partial charge in [-0.2, -0.15) is 8.42 Å². The fourth-order valence-electron chi connectivity index (χ4n) is 4.37. The molecule has 1 atom stereocenters. The summed E-state index contributed by atoms with van der Waals surface area (Å²) in [7, 11) is -0.0990. The second-order valence-corrected chi connectivity index (χ2v) is 12.4. The number of carboxylic acid groups (broad SMARTS) is 2. The number of unbranched alkanes of at least 4 members (excludes halogenated alkanes) is 13. The number of benzene rings is 1. The van der Waals surface area contributed by atoms with Crippen LogP contribution in [0.4, 0.5) is 0 Å². The molecule has 1 aromatic carbocycles. The van der Waals surface area contributed by atoms with Crippen LogP contribution in [0.5, 0.6) is 0 Å². The van der Waals surface area contributed by atoms with Gasteiger partial charge in [-0.3, -0.25) is 14.1 Å². The van der Waals surface area contributed by atoms with Gasteiger partial charge in [0, 0.05) is 5.56 Å². The largest absolute Gasteiger partial charge is 0.481 e. The van der Waals surface area contributed by atoms with Crippen LogP contribution in [0.15, 0.2) is 30.3 Å². The molecule has 38 heavy (non-hydrogen) atoms. The van der Waals surface area contributed by atoms with Crippen molar-refractivity contribution < 1.29 is 37.3 Å². The zero-order valence-electron chi connectivity index (χ0n) is 23.8. The lowest BCUT2D eigenvalue weighted by molar-refractivity contribution is -0.903. The topological polar surface area (TPSA) is 129 Å². The summed E-state index contributed by atoms with van der Waals surface area (Å²) in [5, 5.41) is 13.9. The SMILES string of the molecule is CCCCCCCCCCCCCCCC[N+](C)(C)Cc1ccccc1.O=C(O)CC(C(=O)O)S(=O)(=O)O. The zero-order chi connectivity index (χ0) is 28.9. The Morgan fingerprint density at radius 2 is 1.18 bits per heavy atom. The molecule has 0 heterocycles. The van der Waals surface area contributed by atoms with Crippen LogP contribution in [0, 0.1) is 0 Å². The molecule has 0 aliphatic rings. The van der Waals surface area contributed by atoms with Crippen molar-refractivity contribution in [2.45, 2.75) is 115 Å². The van der Waals surface area contributed by atoms with E-state index >= 15 is 0 Å². The first-order valence-electron chi connectivity index (χ1n) is 14.2. The van der Waals surface area contributed by atoms with Gasteiger partial charge in [0.05, 0.1) is 27.1 Å². The molecule has 9 heteroatoms. The maximum Gasteiger partial charge on any atom is 0.325 e. The van der Waals surface area contributed by atoms with E-state index in [1.807, 2.05) is 0 Å². The summed E-state index contributed by atoms with van der Waals surface area (Å²) in [6.07, 6.45) is 19.0. The third kappa shape index (κ3) is 21.0. The number of quaternary nitrogens is 1. The number of rotatable bonds is 21. The summed E-state index contributed by atoms with van der Waals surface area (Å²) < 4.78 is 29.8. The summed E-state index contributed by atoms with van der Waals surface area (Å²) in [6.45, 7) is 4.75. The van der Waals surface area contributed by atoms with Crippen molar-refractivity contribution in [2.24, 2.45) is 0 Å². The average molecular weight is 559 g/mol. The van der Waals surface area contributed by atoms with E-state index in [0.29, 0.717) is 0 Å². The van der Waals surface area contributed by atoms with Crippen LogP contribution in [0.1, 0.15) is 109 Å². The van der Waals surface area contributed by atoms with E-state index in [4.69, 9.17) is 14.8 Å². The smallest absolute Gasteiger partial charge is 0.325 e. The fraction of sp³-hybridized carbons (Fsp3) is 0.724. The Bertz CT molecular complexity index is 857. The highest BCUT2D eigenvalue weighted by Gasteiger charge is 2.33. The van der Waals surface area contributed by atoms with Crippen LogP contribution in [0.25, 0.3) is 0 Å². The van der Waals surface area contributed by atoms with Crippen molar-refractivity contribution in [3.8, 4) is 0 Å². The van der Waals surface area contributed by atoms with Crippen molar-refractivity contribution in [1.29, 1.82) is 0 Å². The van der Waals surface area contributed by atoms with Crippen molar-refractivity contribution in [3.05, 3.63) is 35.9 Å². The molecule has 0 fully saturated rings. The first kappa shape index (κ1) is 36.0. The molecule has 220 valence electrons. The number of carboxylic acids is 2. The van der Waals surface area contributed by atoms with Crippen LogP contribution in [0.2, 0.25) is 0 Å². The number of carbonyl (C=O) groups is 2. The van der Waals surface area contributed by atoms with Crippen LogP contribution < -0.4 is 0 Å². The van der Waals surface area contributed by atoms with E-state index in [2.05, 4.69) is 51.4 Å². The second-order valence-electron chi connectivity index (χ2n) is 10.8. The Hall–Kier alpha value is -1.97. The Labute approximate surface area is 230 Å². The van der Waals surface area contributed by atoms with Gasteiger partial charge in [-0.05, 0) is 12.8 Å². The van der Waals surface area contributed by atoms with Gasteiger partial charge in [-0.1, -0.05) is 114 Å². The molecule has 0 aliphatic carbocycles. The Morgan fingerprint density at radius 1 is 0.763 bits per heavy atom. The fourth-order valence-corrected chi connectivity index (χ4v) is 4.98. The molecule has 0 bridgehead atoms. The Kier molecular flexibility index (Phi) is 19.8. The molecule has 3 N–H and O–H groups in total. The van der Waals surface area contributed by atoms with Crippen molar-refractivity contribution in [1.82, 2.24) is 0 Å². The van der Waals surface area contributed by atoms with E-state index in [1.165, 1.54) is 102 Å². The first-order valence-corrected chi connectivity index (χ1v) is 15.7. The minimum Gasteiger partial charge on any atom is -0.481 e. The molecule has 1 unspecified atom stereocenters. The maximum absolute atomic E-state index is 10.2. The molecule has 8 nitrogen and oxygen atoms in total. The van der Waals surface area contributed by atoms with Crippen LogP contribution in [-0.4, -0.2) is 65.5 Å². The van der Waals surface area contributed by atoms with E-state index in [-0.39, 0.29) is 0 Å². The van der Waals surface area contributed by atoms with E-state index in [1.54, 1.807) is 0 Å². The van der Waals surface area contributed by atoms with Crippen LogP contribution in [0.3, 0.4) is 0 Å². The maximum atomic E-state index is 10.2. The molecule has 0 saturated heterocycles. The van der Waals surface area contributed by atoms with Gasteiger partial charge >= 0.3 is 11.9 Å². The highest BCUT2D eigenvalue weighted by molar-refractivity contribution is 7.87. The quantitative estimate of drug-likeness (QED) is 0.0886. The lowest BCUT2D eigenvalue weighted by Crippen LogP contribution is -2.39. The third-order valence-electron chi connectivity index (χ3n) is 6.57. The van der Waals surface area contributed by atoms with E-state index in [9.17, 15) is 18.0 Å². The minimum absolute atomic E-state index is 1.11. The second kappa shape index (κ2) is 20.9. The van der Waals surface area contributed by atoms with Crippen molar-refractivity contribution in [2.75, 3.05) is 20.6 Å². The van der Waals surface area contributed by atoms with Crippen molar-refractivity contribution >= 4 is 22.1 Å². The Balaban J connectivity index is 0.000000958. The predicted octanol–water partition coefficient (Wildman–Crippen LogP) is 6.55. The molecule has 0 radical (unpaired) electrons. The lowest BCUT2D eigenvalue weighted by Gasteiger charge is -2.30. The summed E-state index contributed by atoms with van der Waals surface area (Å²) in [5.74, 6) is -3.50. The molecule has 0 aliphatic heterocycles. The highest BCUT2D eigenvalue weighted by atomic mass is 32.2. The molecule has 0 amide bonds. The molecular formula is C29H52NO7S+. The van der Waals surface area contributed by atoms with Gasteiger partial charge in [-0.15, -0.1) is 0 Å². The molecule has 0 aromatic heterocycles. The molecule has 0 spiro atoms. The van der Waals surface area contributed by atoms with Gasteiger partial charge in [0.1, 0.15) is 6.54 Å². The standard InChI is InChI=1S/C25H46N.C4H6O7S/c1-4-5-6-7-8-9-10-11-12-13-14-15-16-20-23-26(2,3)24-25-21-18-17-19-22-25;5-3(6)1-2(4(7)8)12(9,10)11/h17-19,21-22H,4-16,20,23-24H2,1-3H3;2H,1H2,(H,5,6)(H,7,8)(H,9,10,11)/q+1;. The number of hydrogen-bond donors (Lipinski definition) is 3. The van der Waals surface area contributed by atoms with Crippen molar-refractivity contribution in [3.63, 3.8) is 0 Å². The number of aliphatic carboxylic acids is 2.